The lowest BCUT2D eigenvalue weighted by Gasteiger charge is -2.12. The van der Waals surface area contributed by atoms with E-state index >= 15 is 0 Å². The highest BCUT2D eigenvalue weighted by atomic mass is 32.2. The number of thioether (sulfide) groups is 1. The maximum absolute atomic E-state index is 12.7. The number of hydrogen-bond acceptors (Lipinski definition) is 5. The van der Waals surface area contributed by atoms with E-state index in [2.05, 4.69) is 5.32 Å². The number of halogens is 1. The molecule has 0 unspecified atom stereocenters. The standard InChI is InChI=1S/C14H17FN2O4S/c1-9(13(19)17-14(20)16-2)21-12(18)7-8-22-11-5-3-10(15)4-6-11/h3-6,9H,7-8H2,1-2H3,(H2,16,17,19,20)/t9-/m1/s1. The van der Waals surface area contributed by atoms with Crippen LogP contribution in [0, 0.1) is 5.82 Å². The minimum absolute atomic E-state index is 0.0969. The molecule has 120 valence electrons. The van der Waals surface area contributed by atoms with Gasteiger partial charge in [0.1, 0.15) is 5.82 Å². The van der Waals surface area contributed by atoms with Gasteiger partial charge in [-0.1, -0.05) is 0 Å². The van der Waals surface area contributed by atoms with Gasteiger partial charge in [0.2, 0.25) is 0 Å². The molecular formula is C14H17FN2O4S. The van der Waals surface area contributed by atoms with E-state index in [-0.39, 0.29) is 12.2 Å². The fourth-order valence-electron chi connectivity index (χ4n) is 1.37. The Bertz CT molecular complexity index is 536. The third-order valence-corrected chi connectivity index (χ3v) is 3.54. The molecule has 0 spiro atoms. The molecule has 0 aliphatic carbocycles. The molecule has 1 aromatic carbocycles. The highest BCUT2D eigenvalue weighted by molar-refractivity contribution is 7.99. The largest absolute Gasteiger partial charge is 0.453 e. The van der Waals surface area contributed by atoms with Gasteiger partial charge in [-0.2, -0.15) is 0 Å². The summed E-state index contributed by atoms with van der Waals surface area (Å²) in [4.78, 5) is 34.9. The average Bonchev–Trinajstić information content (AvgIpc) is 2.49. The van der Waals surface area contributed by atoms with Crippen LogP contribution in [0.5, 0.6) is 0 Å². The van der Waals surface area contributed by atoms with Gasteiger partial charge in [0.25, 0.3) is 5.91 Å². The predicted molar refractivity (Wildman–Crippen MR) is 79.9 cm³/mol. The number of hydrogen-bond donors (Lipinski definition) is 2. The van der Waals surface area contributed by atoms with Gasteiger partial charge in [-0.25, -0.2) is 9.18 Å². The van der Waals surface area contributed by atoms with Gasteiger partial charge >= 0.3 is 12.0 Å². The molecule has 1 atom stereocenters. The molecule has 0 saturated carbocycles. The molecular weight excluding hydrogens is 311 g/mol. The Labute approximate surface area is 131 Å². The molecule has 0 aromatic heterocycles. The first-order valence-electron chi connectivity index (χ1n) is 6.52. The Morgan fingerprint density at radius 2 is 1.91 bits per heavy atom. The molecule has 0 fully saturated rings. The number of rotatable bonds is 6. The molecule has 0 aliphatic heterocycles. The number of carbonyl (C=O) groups excluding carboxylic acids is 3. The lowest BCUT2D eigenvalue weighted by molar-refractivity contribution is -0.154. The summed E-state index contributed by atoms with van der Waals surface area (Å²) in [5, 5.41) is 4.23. The summed E-state index contributed by atoms with van der Waals surface area (Å²) in [6, 6.07) is 5.24. The normalized spacial score (nSPS) is 11.4. The molecule has 0 saturated heterocycles. The molecule has 8 heteroatoms. The molecule has 6 nitrogen and oxygen atoms in total. The number of benzene rings is 1. The van der Waals surface area contributed by atoms with E-state index in [4.69, 9.17) is 4.74 Å². The van der Waals surface area contributed by atoms with Crippen LogP contribution in [0.4, 0.5) is 9.18 Å². The Hall–Kier alpha value is -2.09. The van der Waals surface area contributed by atoms with E-state index in [0.29, 0.717) is 5.75 Å². The van der Waals surface area contributed by atoms with Crippen LogP contribution in [0.15, 0.2) is 29.2 Å². The van der Waals surface area contributed by atoms with Crippen molar-refractivity contribution in [2.75, 3.05) is 12.8 Å². The average molecular weight is 328 g/mol. The van der Waals surface area contributed by atoms with Crippen molar-refractivity contribution < 1.29 is 23.5 Å². The molecule has 0 aliphatic rings. The molecule has 3 amide bonds. The molecule has 0 radical (unpaired) electrons. The van der Waals surface area contributed by atoms with E-state index in [1.165, 1.54) is 37.9 Å². The summed E-state index contributed by atoms with van der Waals surface area (Å²) in [6.07, 6.45) is -0.958. The van der Waals surface area contributed by atoms with E-state index in [9.17, 15) is 18.8 Å². The molecule has 0 heterocycles. The third kappa shape index (κ3) is 6.57. The topological polar surface area (TPSA) is 84.5 Å². The van der Waals surface area contributed by atoms with Crippen molar-refractivity contribution in [1.82, 2.24) is 10.6 Å². The predicted octanol–water partition coefficient (Wildman–Crippen LogP) is 1.70. The Kier molecular flexibility index (Phi) is 7.38. The third-order valence-electron chi connectivity index (χ3n) is 2.53. The number of esters is 1. The van der Waals surface area contributed by atoms with Crippen LogP contribution in [0.25, 0.3) is 0 Å². The first kappa shape index (κ1) is 18.0. The van der Waals surface area contributed by atoms with Crippen LogP contribution < -0.4 is 10.6 Å². The zero-order valence-electron chi connectivity index (χ0n) is 12.2. The van der Waals surface area contributed by atoms with Crippen molar-refractivity contribution in [2.24, 2.45) is 0 Å². The number of urea groups is 1. The number of amides is 3. The first-order chi connectivity index (χ1) is 10.4. The van der Waals surface area contributed by atoms with Crippen LogP contribution in [0.1, 0.15) is 13.3 Å². The minimum atomic E-state index is -1.05. The van der Waals surface area contributed by atoms with Gasteiger partial charge in [-0.3, -0.25) is 14.9 Å². The van der Waals surface area contributed by atoms with Crippen LogP contribution in [-0.4, -0.2) is 36.8 Å². The fraction of sp³-hybridized carbons (Fsp3) is 0.357. The molecule has 22 heavy (non-hydrogen) atoms. The maximum atomic E-state index is 12.7. The second-order valence-corrected chi connectivity index (χ2v) is 5.42. The van der Waals surface area contributed by atoms with Crippen LogP contribution >= 0.6 is 11.8 Å². The summed E-state index contributed by atoms with van der Waals surface area (Å²) < 4.78 is 17.6. The van der Waals surface area contributed by atoms with Crippen molar-refractivity contribution in [3.63, 3.8) is 0 Å². The smallest absolute Gasteiger partial charge is 0.321 e. The number of nitrogens with one attached hydrogen (secondary N) is 2. The Morgan fingerprint density at radius 3 is 2.50 bits per heavy atom. The van der Waals surface area contributed by atoms with Crippen LogP contribution in [0.3, 0.4) is 0 Å². The van der Waals surface area contributed by atoms with Gasteiger partial charge in [0, 0.05) is 17.7 Å². The molecule has 2 N–H and O–H groups in total. The SMILES string of the molecule is CNC(=O)NC(=O)[C@@H](C)OC(=O)CCSc1ccc(F)cc1. The van der Waals surface area contributed by atoms with Gasteiger partial charge in [-0.05, 0) is 31.2 Å². The quantitative estimate of drug-likeness (QED) is 0.613. The van der Waals surface area contributed by atoms with Crippen molar-refractivity contribution >= 4 is 29.7 Å². The second kappa shape index (κ2) is 9.04. The molecule has 1 aromatic rings. The maximum Gasteiger partial charge on any atom is 0.321 e. The van der Waals surface area contributed by atoms with Crippen molar-refractivity contribution in [3.8, 4) is 0 Å². The summed E-state index contributed by atoms with van der Waals surface area (Å²) in [5.41, 5.74) is 0. The van der Waals surface area contributed by atoms with Crippen molar-refractivity contribution in [3.05, 3.63) is 30.1 Å². The van der Waals surface area contributed by atoms with Crippen LogP contribution in [0.2, 0.25) is 0 Å². The van der Waals surface area contributed by atoms with E-state index in [0.717, 1.165) is 4.90 Å². The summed E-state index contributed by atoms with van der Waals surface area (Å²) in [7, 11) is 1.37. The second-order valence-electron chi connectivity index (χ2n) is 4.25. The summed E-state index contributed by atoms with van der Waals surface area (Å²) in [6.45, 7) is 1.38. The zero-order chi connectivity index (χ0) is 16.5. The lowest BCUT2D eigenvalue weighted by Crippen LogP contribution is -2.43. The minimum Gasteiger partial charge on any atom is -0.453 e. The zero-order valence-corrected chi connectivity index (χ0v) is 13.0. The first-order valence-corrected chi connectivity index (χ1v) is 7.51. The lowest BCUT2D eigenvalue weighted by atomic mass is 10.3. The molecule has 1 rings (SSSR count). The summed E-state index contributed by atoms with van der Waals surface area (Å²) in [5.74, 6) is -1.12. The number of imide groups is 1. The van der Waals surface area contributed by atoms with Gasteiger partial charge in [-0.15, -0.1) is 11.8 Å². The number of carbonyl (C=O) groups is 3. The van der Waals surface area contributed by atoms with E-state index < -0.39 is 24.0 Å². The number of ether oxygens (including phenoxy) is 1. The van der Waals surface area contributed by atoms with Crippen molar-refractivity contribution in [1.29, 1.82) is 0 Å². The Morgan fingerprint density at radius 1 is 1.27 bits per heavy atom. The van der Waals surface area contributed by atoms with Gasteiger partial charge in [0.05, 0.1) is 6.42 Å². The highest BCUT2D eigenvalue weighted by Gasteiger charge is 2.19. The van der Waals surface area contributed by atoms with Crippen LogP contribution in [-0.2, 0) is 14.3 Å². The van der Waals surface area contributed by atoms with Gasteiger partial charge in [0.15, 0.2) is 6.10 Å². The highest BCUT2D eigenvalue weighted by Crippen LogP contribution is 2.19. The van der Waals surface area contributed by atoms with E-state index in [1.807, 2.05) is 5.32 Å². The van der Waals surface area contributed by atoms with Gasteiger partial charge < -0.3 is 10.1 Å². The molecule has 0 bridgehead atoms. The monoisotopic (exact) mass is 328 g/mol. The fourth-order valence-corrected chi connectivity index (χ4v) is 2.20. The summed E-state index contributed by atoms with van der Waals surface area (Å²) >= 11 is 1.38. The Balaban J connectivity index is 2.29. The van der Waals surface area contributed by atoms with E-state index in [1.54, 1.807) is 12.1 Å². The van der Waals surface area contributed by atoms with Crippen molar-refractivity contribution in [2.45, 2.75) is 24.3 Å².